The second-order valence-corrected chi connectivity index (χ2v) is 17.5. The van der Waals surface area contributed by atoms with Gasteiger partial charge in [0, 0.05) is 0 Å². The average Bonchev–Trinajstić information content (AvgIpc) is 3.06. The SMILES string of the molecule is CC1=Cc2cc(C)c(C)cc2C1C[SiH]([Zr])CC1C(C)=Cc2cc(C)c(C)cc21. The Morgan fingerprint density at radius 1 is 0.643 bits per heavy atom. The number of benzene rings is 2. The van der Waals surface area contributed by atoms with Crippen LogP contribution in [0, 0.1) is 27.7 Å². The van der Waals surface area contributed by atoms with E-state index in [4.69, 9.17) is 0 Å². The van der Waals surface area contributed by atoms with Crippen molar-refractivity contribution in [2.45, 2.75) is 65.5 Å². The van der Waals surface area contributed by atoms with E-state index >= 15 is 0 Å². The number of rotatable bonds is 4. The fourth-order valence-corrected chi connectivity index (χ4v) is 11.1. The zero-order valence-corrected chi connectivity index (χ0v) is 21.7. The van der Waals surface area contributed by atoms with Crippen molar-refractivity contribution in [3.63, 3.8) is 0 Å². The average molecular weight is 463 g/mol. The molecule has 0 N–H and O–H groups in total. The van der Waals surface area contributed by atoms with Crippen molar-refractivity contribution >= 4 is 18.1 Å². The zero-order valence-electron chi connectivity index (χ0n) is 18.1. The molecular weight excluding hydrogens is 432 g/mol. The van der Waals surface area contributed by atoms with Crippen molar-refractivity contribution in [1.29, 1.82) is 0 Å². The molecule has 2 heteroatoms. The molecule has 2 aliphatic rings. The van der Waals surface area contributed by atoms with Gasteiger partial charge in [-0.25, -0.2) is 0 Å². The van der Waals surface area contributed by atoms with Crippen LogP contribution in [0.25, 0.3) is 12.2 Å². The molecule has 0 saturated carbocycles. The maximum atomic E-state index is 2.47. The summed E-state index contributed by atoms with van der Waals surface area (Å²) >= 11 is 1.82. The van der Waals surface area contributed by atoms with Crippen LogP contribution in [0.5, 0.6) is 0 Å². The van der Waals surface area contributed by atoms with E-state index in [0.29, 0.717) is 11.8 Å². The maximum absolute atomic E-state index is 2.47. The van der Waals surface area contributed by atoms with Gasteiger partial charge in [0.05, 0.1) is 0 Å². The van der Waals surface area contributed by atoms with Crippen molar-refractivity contribution in [1.82, 2.24) is 0 Å². The van der Waals surface area contributed by atoms with Gasteiger partial charge in [0.15, 0.2) is 0 Å². The van der Waals surface area contributed by atoms with Crippen LogP contribution < -0.4 is 0 Å². The summed E-state index contributed by atoms with van der Waals surface area (Å²) in [6.07, 6.45) is 4.90. The Kier molecular flexibility index (Phi) is 5.58. The summed E-state index contributed by atoms with van der Waals surface area (Å²) in [5, 5.41) is 0. The third kappa shape index (κ3) is 3.63. The summed E-state index contributed by atoms with van der Waals surface area (Å²) in [6, 6.07) is 12.6. The summed E-state index contributed by atoms with van der Waals surface area (Å²) in [6.45, 7) is 13.7. The van der Waals surface area contributed by atoms with Crippen LogP contribution in [0.15, 0.2) is 35.4 Å². The second-order valence-electron chi connectivity index (χ2n) is 9.18. The normalized spacial score (nSPS) is 21.2. The number of hydrogen-bond donors (Lipinski definition) is 0. The molecule has 2 unspecified atom stereocenters. The van der Waals surface area contributed by atoms with Crippen molar-refractivity contribution in [3.05, 3.63) is 79.9 Å². The first-order valence-electron chi connectivity index (χ1n) is 10.5. The molecule has 2 aromatic rings. The van der Waals surface area contributed by atoms with Gasteiger partial charge in [-0.1, -0.05) is 0 Å². The second kappa shape index (κ2) is 7.69. The molecule has 0 spiro atoms. The summed E-state index contributed by atoms with van der Waals surface area (Å²) in [5.41, 5.74) is 15.1. The third-order valence-electron chi connectivity index (χ3n) is 7.06. The molecule has 0 aromatic heterocycles. The van der Waals surface area contributed by atoms with Crippen molar-refractivity contribution in [2.24, 2.45) is 0 Å². The Labute approximate surface area is 186 Å². The van der Waals surface area contributed by atoms with E-state index < -0.39 is 5.92 Å². The Hall–Kier alpha value is -0.980. The van der Waals surface area contributed by atoms with Crippen LogP contribution in [0.2, 0.25) is 12.1 Å². The standard InChI is InChI=1S/C26H31Si.Zr/c1-15-7-21-9-19(5)25(23(21)11-17(15)3)13-27-14-26-20(6)10-22-8-16(2)18(4)12-24(22)26;/h7-12,25-27H,13-14H2,1-6H3;. The summed E-state index contributed by atoms with van der Waals surface area (Å²) in [7, 11) is 0. The number of aryl methyl sites for hydroxylation is 4. The summed E-state index contributed by atoms with van der Waals surface area (Å²) < 4.78 is 0. The Morgan fingerprint density at radius 3 is 1.39 bits per heavy atom. The molecule has 0 heterocycles. The molecule has 0 aliphatic heterocycles. The van der Waals surface area contributed by atoms with Crippen molar-refractivity contribution in [2.75, 3.05) is 0 Å². The van der Waals surface area contributed by atoms with Crippen LogP contribution in [0.1, 0.15) is 70.2 Å². The molecule has 2 aliphatic carbocycles. The molecule has 0 radical (unpaired) electrons. The molecule has 28 heavy (non-hydrogen) atoms. The molecule has 0 saturated heterocycles. The molecule has 2 atom stereocenters. The predicted octanol–water partition coefficient (Wildman–Crippen LogP) is 6.89. The van der Waals surface area contributed by atoms with E-state index in [1.807, 2.05) is 23.9 Å². The van der Waals surface area contributed by atoms with Gasteiger partial charge in [0.2, 0.25) is 0 Å². The van der Waals surface area contributed by atoms with Gasteiger partial charge in [0.25, 0.3) is 0 Å². The molecule has 0 amide bonds. The first kappa shape index (κ1) is 20.3. The Bertz CT molecular complexity index is 930. The van der Waals surface area contributed by atoms with E-state index in [0.717, 1.165) is 0 Å². The monoisotopic (exact) mass is 461 g/mol. The fraction of sp³-hybridized carbons (Fsp3) is 0.385. The van der Waals surface area contributed by atoms with Gasteiger partial charge in [-0.3, -0.25) is 0 Å². The number of fused-ring (bicyclic) bond motifs is 2. The van der Waals surface area contributed by atoms with Gasteiger partial charge < -0.3 is 0 Å². The summed E-state index contributed by atoms with van der Waals surface area (Å²) in [5.74, 6) is 0.602. The van der Waals surface area contributed by atoms with Crippen LogP contribution in [0.3, 0.4) is 0 Å². The number of allylic oxidation sites excluding steroid dienone is 2. The minimum atomic E-state index is -0.751. The molecule has 0 fully saturated rings. The van der Waals surface area contributed by atoms with E-state index in [-0.39, 0.29) is 0 Å². The van der Waals surface area contributed by atoms with E-state index in [1.54, 1.807) is 22.3 Å². The topological polar surface area (TPSA) is 0 Å². The van der Waals surface area contributed by atoms with Crippen molar-refractivity contribution < 1.29 is 23.9 Å². The number of hydrogen-bond acceptors (Lipinski definition) is 0. The quantitative estimate of drug-likeness (QED) is 0.434. The van der Waals surface area contributed by atoms with Crippen LogP contribution in [0.4, 0.5) is 0 Å². The van der Waals surface area contributed by atoms with Gasteiger partial charge >= 0.3 is 187 Å². The summed E-state index contributed by atoms with van der Waals surface area (Å²) in [4.78, 5) is 0. The van der Waals surface area contributed by atoms with Gasteiger partial charge in [0.1, 0.15) is 0 Å². The van der Waals surface area contributed by atoms with Gasteiger partial charge in [-0.2, -0.15) is 0 Å². The predicted molar refractivity (Wildman–Crippen MR) is 121 cm³/mol. The van der Waals surface area contributed by atoms with Gasteiger partial charge in [-0.05, 0) is 0 Å². The molecule has 4 rings (SSSR count). The van der Waals surface area contributed by atoms with Crippen LogP contribution >= 0.6 is 0 Å². The Balaban J connectivity index is 1.54. The van der Waals surface area contributed by atoms with E-state index in [1.165, 1.54) is 45.5 Å². The molecule has 143 valence electrons. The first-order chi connectivity index (χ1) is 13.2. The Morgan fingerprint density at radius 2 is 1.00 bits per heavy atom. The van der Waals surface area contributed by atoms with Crippen LogP contribution in [-0.2, 0) is 23.9 Å². The third-order valence-corrected chi connectivity index (χ3v) is 12.6. The minimum absolute atomic E-state index is 0.676. The molecular formula is C26H31SiZr. The van der Waals surface area contributed by atoms with E-state index in [2.05, 4.69) is 78.0 Å². The fourth-order valence-electron chi connectivity index (χ4n) is 5.05. The molecule has 2 aromatic carbocycles. The zero-order chi connectivity index (χ0) is 20.2. The van der Waals surface area contributed by atoms with Crippen LogP contribution in [-0.4, -0.2) is 5.92 Å². The van der Waals surface area contributed by atoms with Crippen molar-refractivity contribution in [3.8, 4) is 0 Å². The molecule has 0 bridgehead atoms. The van der Waals surface area contributed by atoms with E-state index in [9.17, 15) is 0 Å². The molecule has 0 nitrogen and oxygen atoms in total. The van der Waals surface area contributed by atoms with Gasteiger partial charge in [-0.15, -0.1) is 0 Å². The first-order valence-corrected chi connectivity index (χ1v) is 17.0.